The number of ether oxygens (including phenoxy) is 1. The first-order valence-electron chi connectivity index (χ1n) is 7.40. The van der Waals surface area contributed by atoms with Crippen molar-refractivity contribution in [3.05, 3.63) is 23.8 Å². The van der Waals surface area contributed by atoms with Crippen LogP contribution in [-0.4, -0.2) is 42.3 Å². The largest absolute Gasteiger partial charge is 0.496 e. The third-order valence-corrected chi connectivity index (χ3v) is 4.07. The van der Waals surface area contributed by atoms with E-state index in [1.807, 2.05) is 25.1 Å². The summed E-state index contributed by atoms with van der Waals surface area (Å²) < 4.78 is 5.21. The van der Waals surface area contributed by atoms with Crippen molar-refractivity contribution < 1.29 is 14.6 Å². The number of likely N-dealkylation sites (tertiary alicyclic amines) is 1. The molecule has 0 radical (unpaired) electrons. The summed E-state index contributed by atoms with van der Waals surface area (Å²) in [5.41, 5.74) is 1.74. The van der Waals surface area contributed by atoms with E-state index in [9.17, 15) is 9.90 Å². The molecule has 2 amide bonds. The molecule has 1 aromatic rings. The molecule has 1 saturated heterocycles. The fourth-order valence-corrected chi connectivity index (χ4v) is 2.75. The Hall–Kier alpha value is -1.75. The Morgan fingerprint density at radius 1 is 1.52 bits per heavy atom. The molecule has 5 nitrogen and oxygen atoms in total. The van der Waals surface area contributed by atoms with Gasteiger partial charge in [0, 0.05) is 24.7 Å². The van der Waals surface area contributed by atoms with Gasteiger partial charge in [0.15, 0.2) is 0 Å². The summed E-state index contributed by atoms with van der Waals surface area (Å²) >= 11 is 0. The van der Waals surface area contributed by atoms with Gasteiger partial charge in [0.25, 0.3) is 0 Å². The lowest BCUT2D eigenvalue weighted by atomic mass is 9.94. The minimum absolute atomic E-state index is 0.107. The average molecular weight is 292 g/mol. The molecule has 0 spiro atoms. The predicted molar refractivity (Wildman–Crippen MR) is 82.7 cm³/mol. The third kappa shape index (κ3) is 3.88. The fraction of sp³-hybridized carbons (Fsp3) is 0.562. The minimum Gasteiger partial charge on any atom is -0.496 e. The van der Waals surface area contributed by atoms with Gasteiger partial charge in [-0.05, 0) is 50.5 Å². The zero-order valence-corrected chi connectivity index (χ0v) is 12.9. The van der Waals surface area contributed by atoms with Gasteiger partial charge < -0.3 is 20.1 Å². The van der Waals surface area contributed by atoms with Gasteiger partial charge in [0.2, 0.25) is 0 Å². The molecular formula is C16H24N2O3. The minimum atomic E-state index is -0.371. The summed E-state index contributed by atoms with van der Waals surface area (Å²) in [4.78, 5) is 14.1. The number of urea groups is 1. The van der Waals surface area contributed by atoms with Crippen molar-refractivity contribution >= 4 is 11.7 Å². The number of anilines is 1. The zero-order valence-electron chi connectivity index (χ0n) is 12.9. The number of nitrogens with one attached hydrogen (secondary N) is 1. The van der Waals surface area contributed by atoms with Gasteiger partial charge >= 0.3 is 6.03 Å². The molecule has 1 fully saturated rings. The van der Waals surface area contributed by atoms with Crippen molar-refractivity contribution in [1.82, 2.24) is 4.90 Å². The van der Waals surface area contributed by atoms with Gasteiger partial charge in [0.05, 0.1) is 13.2 Å². The van der Waals surface area contributed by atoms with Gasteiger partial charge in [-0.15, -0.1) is 0 Å². The fourth-order valence-electron chi connectivity index (χ4n) is 2.75. The number of amides is 2. The van der Waals surface area contributed by atoms with Gasteiger partial charge in [-0.3, -0.25) is 0 Å². The van der Waals surface area contributed by atoms with Crippen LogP contribution < -0.4 is 10.1 Å². The molecule has 0 aliphatic carbocycles. The van der Waals surface area contributed by atoms with Crippen LogP contribution in [0.1, 0.15) is 25.3 Å². The Kier molecular flexibility index (Phi) is 5.07. The monoisotopic (exact) mass is 292 g/mol. The SMILES string of the molecule is COc1ccc(NC(=O)N2CCCC(C(C)O)C2)cc1C. The number of hydrogen-bond acceptors (Lipinski definition) is 3. The molecule has 1 heterocycles. The first-order chi connectivity index (χ1) is 10.0. The second-order valence-electron chi connectivity index (χ2n) is 5.70. The predicted octanol–water partition coefficient (Wildman–Crippen LogP) is 2.63. The number of aryl methyl sites for hydroxylation is 1. The number of nitrogens with zero attached hydrogens (tertiary/aromatic N) is 1. The second kappa shape index (κ2) is 6.80. The van der Waals surface area contributed by atoms with Crippen LogP contribution in [0.15, 0.2) is 18.2 Å². The number of carbonyl (C=O) groups excluding carboxylic acids is 1. The van der Waals surface area contributed by atoms with Crippen molar-refractivity contribution in [1.29, 1.82) is 0 Å². The Morgan fingerprint density at radius 2 is 2.29 bits per heavy atom. The highest BCUT2D eigenvalue weighted by molar-refractivity contribution is 5.89. The lowest BCUT2D eigenvalue weighted by Gasteiger charge is -2.34. The van der Waals surface area contributed by atoms with Crippen LogP contribution >= 0.6 is 0 Å². The molecule has 116 valence electrons. The molecule has 2 atom stereocenters. The zero-order chi connectivity index (χ0) is 15.4. The van der Waals surface area contributed by atoms with Gasteiger partial charge in [-0.1, -0.05) is 0 Å². The summed E-state index contributed by atoms with van der Waals surface area (Å²) in [5.74, 6) is 0.974. The summed E-state index contributed by atoms with van der Waals surface area (Å²) in [5, 5.41) is 12.6. The highest BCUT2D eigenvalue weighted by atomic mass is 16.5. The van der Waals surface area contributed by atoms with E-state index in [1.165, 1.54) is 0 Å². The van der Waals surface area contributed by atoms with Crippen LogP contribution in [-0.2, 0) is 0 Å². The molecular weight excluding hydrogens is 268 g/mol. The second-order valence-corrected chi connectivity index (χ2v) is 5.70. The van der Waals surface area contributed by atoms with Gasteiger partial charge in [0.1, 0.15) is 5.75 Å². The first-order valence-corrected chi connectivity index (χ1v) is 7.40. The van der Waals surface area contributed by atoms with Crippen LogP contribution in [0.5, 0.6) is 5.75 Å². The van der Waals surface area contributed by atoms with Crippen LogP contribution in [0.4, 0.5) is 10.5 Å². The van der Waals surface area contributed by atoms with E-state index in [4.69, 9.17) is 4.74 Å². The number of carbonyl (C=O) groups is 1. The maximum Gasteiger partial charge on any atom is 0.321 e. The van der Waals surface area contributed by atoms with Crippen molar-refractivity contribution in [2.45, 2.75) is 32.8 Å². The standard InChI is InChI=1S/C16H24N2O3/c1-11-9-14(6-7-15(11)21-3)17-16(20)18-8-4-5-13(10-18)12(2)19/h6-7,9,12-13,19H,4-5,8,10H2,1-3H3,(H,17,20). The number of aliphatic hydroxyl groups is 1. The summed E-state index contributed by atoms with van der Waals surface area (Å²) in [6.45, 7) is 5.08. The topological polar surface area (TPSA) is 61.8 Å². The molecule has 1 aliphatic rings. The van der Waals surface area contributed by atoms with Crippen LogP contribution in [0.25, 0.3) is 0 Å². The van der Waals surface area contributed by atoms with Gasteiger partial charge in [-0.2, -0.15) is 0 Å². The van der Waals surface area contributed by atoms with E-state index in [1.54, 1.807) is 18.9 Å². The smallest absolute Gasteiger partial charge is 0.321 e. The molecule has 2 N–H and O–H groups in total. The normalized spacial score (nSPS) is 20.0. The molecule has 0 bridgehead atoms. The molecule has 5 heteroatoms. The van der Waals surface area contributed by atoms with Crippen LogP contribution in [0, 0.1) is 12.8 Å². The van der Waals surface area contributed by atoms with E-state index < -0.39 is 0 Å². The highest BCUT2D eigenvalue weighted by Crippen LogP contribution is 2.23. The Bertz CT molecular complexity index is 502. The molecule has 1 aromatic carbocycles. The van der Waals surface area contributed by atoms with Crippen LogP contribution in [0.2, 0.25) is 0 Å². The van der Waals surface area contributed by atoms with Crippen molar-refractivity contribution in [2.24, 2.45) is 5.92 Å². The maximum atomic E-state index is 12.3. The van der Waals surface area contributed by atoms with E-state index in [-0.39, 0.29) is 18.1 Å². The quantitative estimate of drug-likeness (QED) is 0.900. The number of benzene rings is 1. The maximum absolute atomic E-state index is 12.3. The number of rotatable bonds is 3. The van der Waals surface area contributed by atoms with E-state index in [0.29, 0.717) is 6.54 Å². The summed E-state index contributed by atoms with van der Waals surface area (Å²) in [6.07, 6.45) is 1.54. The Morgan fingerprint density at radius 3 is 2.90 bits per heavy atom. The molecule has 2 rings (SSSR count). The third-order valence-electron chi connectivity index (χ3n) is 4.07. The van der Waals surface area contributed by atoms with E-state index in [2.05, 4.69) is 5.32 Å². The van der Waals surface area contributed by atoms with E-state index >= 15 is 0 Å². The number of methoxy groups -OCH3 is 1. The highest BCUT2D eigenvalue weighted by Gasteiger charge is 2.26. The van der Waals surface area contributed by atoms with E-state index in [0.717, 1.165) is 36.4 Å². The molecule has 0 saturated carbocycles. The number of piperidine rings is 1. The average Bonchev–Trinajstić information content (AvgIpc) is 2.47. The van der Waals surface area contributed by atoms with Crippen LogP contribution in [0.3, 0.4) is 0 Å². The molecule has 21 heavy (non-hydrogen) atoms. The lowest BCUT2D eigenvalue weighted by molar-refractivity contribution is 0.0766. The molecule has 2 unspecified atom stereocenters. The first kappa shape index (κ1) is 15.6. The molecule has 1 aliphatic heterocycles. The summed E-state index contributed by atoms with van der Waals surface area (Å²) in [7, 11) is 1.63. The lowest BCUT2D eigenvalue weighted by Crippen LogP contribution is -2.44. The Labute approximate surface area is 125 Å². The summed E-state index contributed by atoms with van der Waals surface area (Å²) in [6, 6.07) is 5.47. The van der Waals surface area contributed by atoms with Crippen molar-refractivity contribution in [2.75, 3.05) is 25.5 Å². The van der Waals surface area contributed by atoms with Crippen molar-refractivity contribution in [3.8, 4) is 5.75 Å². The van der Waals surface area contributed by atoms with Crippen molar-refractivity contribution in [3.63, 3.8) is 0 Å². The van der Waals surface area contributed by atoms with Gasteiger partial charge in [-0.25, -0.2) is 4.79 Å². The molecule has 0 aromatic heterocycles. The Balaban J connectivity index is 1.99. The number of aliphatic hydroxyl groups excluding tert-OH is 1. The number of hydrogen-bond donors (Lipinski definition) is 2.